The van der Waals surface area contributed by atoms with Crippen molar-refractivity contribution in [2.75, 3.05) is 0 Å². The zero-order valence-corrected chi connectivity index (χ0v) is 36.7. The molecule has 0 fully saturated rings. The lowest BCUT2D eigenvalue weighted by Gasteiger charge is -2.34. The Bertz CT molecular complexity index is 5200. The molecule has 0 aliphatic carbocycles. The summed E-state index contributed by atoms with van der Waals surface area (Å²) >= 11 is 0. The zero-order valence-electron chi connectivity index (χ0n) is 58.7. The molecule has 13 aromatic rings. The average Bonchev–Trinajstić information content (AvgIpc) is 1.47. The normalized spacial score (nSPS) is 16.4. The van der Waals surface area contributed by atoms with Gasteiger partial charge in [-0.3, -0.25) is 0 Å². The van der Waals surface area contributed by atoms with E-state index in [0.29, 0.717) is 0 Å². The number of hydrogen-bond donors (Lipinski definition) is 0. The molecule has 0 amide bonds. The third kappa shape index (κ3) is 6.72. The van der Waals surface area contributed by atoms with Gasteiger partial charge in [0.05, 0.1) is 48.2 Å². The molecule has 13 rings (SSSR count). The molecule has 324 valence electrons. The molecule has 3 aromatic heterocycles. The van der Waals surface area contributed by atoms with E-state index in [2.05, 4.69) is 0 Å². The van der Waals surface area contributed by atoms with E-state index in [1.165, 1.54) is 0 Å². The Hall–Kier alpha value is -8.97. The Morgan fingerprint density at radius 3 is 1.52 bits per heavy atom. The van der Waals surface area contributed by atoms with Gasteiger partial charge in [0.2, 0.25) is 0 Å². The average molecular weight is 922 g/mol. The fourth-order valence-corrected chi connectivity index (χ4v) is 13.9. The van der Waals surface area contributed by atoms with Gasteiger partial charge in [0.25, 0.3) is 0 Å². The molecule has 0 atom stereocenters. The molecule has 0 radical (unpaired) electrons. The Morgan fingerprint density at radius 2 is 0.870 bits per heavy atom. The molecular weight excluding hydrogens is 857 g/mol. The second-order valence-electron chi connectivity index (χ2n) is 15.8. The van der Waals surface area contributed by atoms with Crippen LogP contribution in [0.1, 0.15) is 31.5 Å². The monoisotopic (exact) mass is 921 g/mol. The van der Waals surface area contributed by atoms with Gasteiger partial charge in [-0.25, -0.2) is 15.0 Å². The maximum Gasteiger partial charge on any atom is 0.179 e. The lowest BCUT2D eigenvalue weighted by atomic mass is 9.98. The molecule has 5 nitrogen and oxygen atoms in total. The second kappa shape index (κ2) is 16.7. The second-order valence-corrected chi connectivity index (χ2v) is 19.6. The predicted molar refractivity (Wildman–Crippen MR) is 287 cm³/mol. The zero-order chi connectivity index (χ0) is 65.7. The van der Waals surface area contributed by atoms with Crippen molar-refractivity contribution in [1.82, 2.24) is 19.5 Å². The maximum atomic E-state index is 9.84. The molecule has 0 saturated heterocycles. The summed E-state index contributed by atoms with van der Waals surface area (Å²) in [6, 6.07) is 17.8. The molecule has 0 N–H and O–H groups in total. The number of hydrogen-bond acceptors (Lipinski definition) is 4. The minimum atomic E-state index is -3.41. The van der Waals surface area contributed by atoms with Crippen molar-refractivity contribution >= 4 is 72.6 Å². The summed E-state index contributed by atoms with van der Waals surface area (Å²) in [4.78, 5) is 14.6. The van der Waals surface area contributed by atoms with Crippen LogP contribution in [-0.2, 0) is 0 Å². The number of furan rings is 1. The van der Waals surface area contributed by atoms with Crippen LogP contribution in [-0.4, -0.2) is 27.6 Å². The number of fused-ring (bicyclic) bond motifs is 6. The van der Waals surface area contributed by atoms with Gasteiger partial charge < -0.3 is 8.98 Å². The Balaban J connectivity index is 1.18. The minimum Gasteiger partial charge on any atom is -0.456 e. The smallest absolute Gasteiger partial charge is 0.179 e. The molecule has 0 aliphatic heterocycles. The highest BCUT2D eigenvalue weighted by molar-refractivity contribution is 7.19. The number of rotatable bonds is 9. The maximum absolute atomic E-state index is 9.84. The molecule has 0 aliphatic rings. The third-order valence-corrected chi connectivity index (χ3v) is 16.8. The highest BCUT2D eigenvalue weighted by Gasteiger charge is 2.41. The molecule has 10 aromatic carbocycles. The van der Waals surface area contributed by atoms with Crippen molar-refractivity contribution in [3.8, 4) is 51.0 Å². The number of aromatic nitrogens is 4. The lowest BCUT2D eigenvalue weighted by molar-refractivity contribution is 0.669. The van der Waals surface area contributed by atoms with Crippen molar-refractivity contribution in [3.05, 3.63) is 254 Å². The molecular formula is C63H42N4OSi. The van der Waals surface area contributed by atoms with Gasteiger partial charge in [0.15, 0.2) is 25.5 Å². The molecule has 0 bridgehead atoms. The Kier molecular flexibility index (Phi) is 5.61. The van der Waals surface area contributed by atoms with Gasteiger partial charge in [0.1, 0.15) is 11.2 Å². The third-order valence-electron chi connectivity index (χ3n) is 12.0. The highest BCUT2D eigenvalue weighted by atomic mass is 28.3. The molecule has 3 heterocycles. The van der Waals surface area contributed by atoms with Crippen molar-refractivity contribution in [2.45, 2.75) is 0 Å². The van der Waals surface area contributed by atoms with Gasteiger partial charge in [-0.1, -0.05) is 218 Å². The fraction of sp³-hybridized carbons (Fsp3) is 0. The summed E-state index contributed by atoms with van der Waals surface area (Å²) < 4.78 is 217. The minimum absolute atomic E-state index is 0.206. The molecule has 6 heteroatoms. The van der Waals surface area contributed by atoms with Gasteiger partial charge >= 0.3 is 0 Å². The fourth-order valence-electron chi connectivity index (χ4n) is 9.06. The van der Waals surface area contributed by atoms with E-state index in [9.17, 15) is 13.7 Å². The summed E-state index contributed by atoms with van der Waals surface area (Å²) in [5.74, 6) is -1.64. The number of nitrogens with zero attached hydrogens (tertiary/aromatic N) is 4. The van der Waals surface area contributed by atoms with E-state index in [0.717, 1.165) is 25.3 Å². The van der Waals surface area contributed by atoms with E-state index < -0.39 is 220 Å². The van der Waals surface area contributed by atoms with Crippen LogP contribution in [0.15, 0.2) is 259 Å². The summed E-state index contributed by atoms with van der Waals surface area (Å²) in [5.41, 5.74) is -5.02. The van der Waals surface area contributed by atoms with Gasteiger partial charge in [0, 0.05) is 38.2 Å². The first-order valence-corrected chi connectivity index (χ1v) is 23.5. The van der Waals surface area contributed by atoms with Crippen LogP contribution in [0.3, 0.4) is 0 Å². The van der Waals surface area contributed by atoms with Gasteiger partial charge in [-0.15, -0.1) is 0 Å². The lowest BCUT2D eigenvalue weighted by Crippen LogP contribution is -2.74. The molecule has 0 spiro atoms. The van der Waals surface area contributed by atoms with Crippen LogP contribution in [0.4, 0.5) is 0 Å². The Morgan fingerprint density at radius 1 is 0.377 bits per heavy atom. The first-order chi connectivity index (χ1) is 43.8. The topological polar surface area (TPSA) is 56.7 Å². The van der Waals surface area contributed by atoms with Crippen LogP contribution in [0.5, 0.6) is 0 Å². The quantitative estimate of drug-likeness (QED) is 0.107. The van der Waals surface area contributed by atoms with E-state index in [4.69, 9.17) is 37.2 Å². The predicted octanol–water partition coefficient (Wildman–Crippen LogP) is 12.9. The van der Waals surface area contributed by atoms with Crippen LogP contribution >= 0.6 is 0 Å². The first kappa shape index (κ1) is 23.2. The van der Waals surface area contributed by atoms with Crippen molar-refractivity contribution in [2.24, 2.45) is 0 Å². The van der Waals surface area contributed by atoms with Gasteiger partial charge in [-0.05, 0) is 68.1 Å². The molecule has 0 unspecified atom stereocenters. The number of benzene rings is 10. The number of para-hydroxylation sites is 4. The van der Waals surface area contributed by atoms with Gasteiger partial charge in [-0.2, -0.15) is 0 Å². The van der Waals surface area contributed by atoms with E-state index in [-0.39, 0.29) is 22.2 Å². The van der Waals surface area contributed by atoms with Crippen LogP contribution in [0.2, 0.25) is 0 Å². The summed E-state index contributed by atoms with van der Waals surface area (Å²) in [6.45, 7) is 0. The van der Waals surface area contributed by atoms with E-state index in [1.54, 1.807) is 12.1 Å². The molecule has 0 saturated carbocycles. The van der Waals surface area contributed by atoms with E-state index >= 15 is 0 Å². The Labute approximate surface area is 432 Å². The highest BCUT2D eigenvalue weighted by Crippen LogP contribution is 2.39. The van der Waals surface area contributed by atoms with Crippen LogP contribution in [0, 0.1) is 0 Å². The summed E-state index contributed by atoms with van der Waals surface area (Å²) in [5, 5.41) is 2.02. The SMILES string of the molecule is [2H]c1c([2H])c([2H])c(-n2c3c([2H])c([2H])c([2H])c([2H])c3c3c([2H])c([2H])c([2H])c([2H])c32)c(-c2nc(-c3cccc([Si](c4ccccc4)(c4ccccc4)c4ccccc4)c3)nc(-c3c([2H])c([2H])c(-c4c([2H])c([2H])c([2H])c5oc6c([2H])c([2H])c([2H])c([2H])c6c45)c([2H])c3[2H])n2)c1[2H]. The standard InChI is InChI=1S/C63H42N4OSi/c1-4-21-46(22-5-1)69(47-23-6-2-7-24-47,48-25-8-3-9-26-48)49-27-18-20-45(42-49)62-64-61(44-40-38-43(39-41-44)50-32-19-37-59-60(50)54-31-13-17-36-58(54)68-59)65-63(66-62)53-30-12-16-35-57(53)67-55-33-14-10-28-51(55)52-29-11-15-34-56(52)67/h1-42H/i10D,11D,12D,13D,14D,15D,16D,17D,19D,28D,29D,30D,31D,32D,33D,34D,35D,36D,37D,38D,39D,40D,41D. The van der Waals surface area contributed by atoms with Crippen LogP contribution in [0.25, 0.3) is 94.7 Å². The van der Waals surface area contributed by atoms with Crippen molar-refractivity contribution < 1.29 is 35.9 Å². The van der Waals surface area contributed by atoms with Crippen LogP contribution < -0.4 is 20.7 Å². The molecule has 69 heavy (non-hydrogen) atoms. The van der Waals surface area contributed by atoms with E-state index in [1.807, 2.05) is 103 Å². The van der Waals surface area contributed by atoms with Crippen molar-refractivity contribution in [1.29, 1.82) is 0 Å². The van der Waals surface area contributed by atoms with Crippen molar-refractivity contribution in [3.63, 3.8) is 0 Å². The summed E-state index contributed by atoms with van der Waals surface area (Å²) in [6.07, 6.45) is 0. The summed E-state index contributed by atoms with van der Waals surface area (Å²) in [7, 11) is -3.41. The first-order valence-electron chi connectivity index (χ1n) is 33.0. The largest absolute Gasteiger partial charge is 0.456 e.